The first-order chi connectivity index (χ1) is 22.4. The van der Waals surface area contributed by atoms with Crippen molar-refractivity contribution < 1.29 is 19.1 Å². The van der Waals surface area contributed by atoms with E-state index in [-0.39, 0.29) is 33.1 Å². The molecule has 47 heavy (non-hydrogen) atoms. The third-order valence-electron chi connectivity index (χ3n) is 8.22. The van der Waals surface area contributed by atoms with Crippen LogP contribution in [0.3, 0.4) is 0 Å². The largest absolute Gasteiger partial charge is 0.479 e. The molecule has 2 amide bonds. The van der Waals surface area contributed by atoms with Crippen LogP contribution in [0.1, 0.15) is 63.9 Å². The van der Waals surface area contributed by atoms with Crippen molar-refractivity contribution in [3.8, 4) is 5.75 Å². The summed E-state index contributed by atoms with van der Waals surface area (Å²) < 4.78 is 5.94. The number of nitrogens with zero attached hydrogens (tertiary/aromatic N) is 2. The Labute approximate surface area is 286 Å². The molecule has 0 fully saturated rings. The number of ketones is 1. The monoisotopic (exact) mass is 674 g/mol. The van der Waals surface area contributed by atoms with Gasteiger partial charge in [-0.3, -0.25) is 14.4 Å². The van der Waals surface area contributed by atoms with Crippen molar-refractivity contribution in [2.45, 2.75) is 59.5 Å². The molecule has 1 atom stereocenters. The van der Waals surface area contributed by atoms with E-state index < -0.39 is 23.7 Å². The number of carbonyl (C=O) groups excluding carboxylic acids is 3. The predicted octanol–water partition coefficient (Wildman–Crippen LogP) is 7.96. The molecule has 246 valence electrons. The van der Waals surface area contributed by atoms with E-state index in [9.17, 15) is 14.4 Å². The van der Waals surface area contributed by atoms with Crippen LogP contribution in [0.4, 0.5) is 11.4 Å². The van der Waals surface area contributed by atoms with E-state index in [1.807, 2.05) is 36.4 Å². The molecule has 1 unspecified atom stereocenters. The molecule has 0 bridgehead atoms. The van der Waals surface area contributed by atoms with Crippen LogP contribution in [0, 0.1) is 0 Å². The molecule has 0 radical (unpaired) electrons. The summed E-state index contributed by atoms with van der Waals surface area (Å²) in [5.41, 5.74) is 3.25. The molecule has 0 saturated carbocycles. The zero-order valence-corrected chi connectivity index (χ0v) is 29.0. The average molecular weight is 676 g/mol. The lowest BCUT2D eigenvalue weighted by Gasteiger charge is -2.24. The number of hydrogen-bond acceptors (Lipinski definition) is 6. The number of nitrogens with one attached hydrogen (secondary N) is 2. The zero-order chi connectivity index (χ0) is 34.3. The topological polar surface area (TPSA) is 100 Å². The van der Waals surface area contributed by atoms with Crippen molar-refractivity contribution in [2.24, 2.45) is 4.99 Å². The molecule has 0 aromatic heterocycles. The minimum absolute atomic E-state index is 0.0161. The first-order valence-electron chi connectivity index (χ1n) is 15.6. The van der Waals surface area contributed by atoms with Crippen LogP contribution in [-0.4, -0.2) is 42.5 Å². The van der Waals surface area contributed by atoms with Crippen molar-refractivity contribution in [3.05, 3.63) is 111 Å². The van der Waals surface area contributed by atoms with Crippen LogP contribution in [-0.2, 0) is 15.0 Å². The van der Waals surface area contributed by atoms with E-state index in [2.05, 4.69) is 50.2 Å². The molecule has 10 heteroatoms. The van der Waals surface area contributed by atoms with Gasteiger partial charge in [0, 0.05) is 24.9 Å². The molecule has 1 aliphatic carbocycles. The van der Waals surface area contributed by atoms with Crippen LogP contribution in [0.15, 0.2) is 95.3 Å². The van der Waals surface area contributed by atoms with Crippen LogP contribution in [0.5, 0.6) is 5.75 Å². The normalized spacial score (nSPS) is 14.6. The van der Waals surface area contributed by atoms with Crippen molar-refractivity contribution in [1.29, 1.82) is 0 Å². The number of aliphatic imine (C=N–C) groups is 1. The third kappa shape index (κ3) is 8.70. The maximum atomic E-state index is 13.4. The molecule has 2 N–H and O–H groups in total. The molecule has 1 aliphatic rings. The molecule has 0 saturated heterocycles. The van der Waals surface area contributed by atoms with Gasteiger partial charge < -0.3 is 20.3 Å². The van der Waals surface area contributed by atoms with Gasteiger partial charge in [-0.2, -0.15) is 0 Å². The number of hydrogen-bond donors (Lipinski definition) is 2. The van der Waals surface area contributed by atoms with Gasteiger partial charge >= 0.3 is 0 Å². The maximum absolute atomic E-state index is 13.4. The minimum Gasteiger partial charge on any atom is -0.479 e. The SMILES string of the molecule is CCN(CC)c1ccc(N=C2C=C(NC(=O)c3ccccc3Cl)C(=O)C=C2NC(=O)C(C)Oc2ccc(C(C)(C)CC)cc2Cl)cc1. The van der Waals surface area contributed by atoms with Crippen LogP contribution < -0.4 is 20.3 Å². The van der Waals surface area contributed by atoms with Crippen LogP contribution in [0.25, 0.3) is 0 Å². The van der Waals surface area contributed by atoms with E-state index in [4.69, 9.17) is 32.9 Å². The smallest absolute Gasteiger partial charge is 0.265 e. The van der Waals surface area contributed by atoms with E-state index in [1.54, 1.807) is 37.3 Å². The van der Waals surface area contributed by atoms with Crippen LogP contribution >= 0.6 is 23.2 Å². The summed E-state index contributed by atoms with van der Waals surface area (Å²) in [6.45, 7) is 13.9. The second-order valence-electron chi connectivity index (χ2n) is 11.7. The highest BCUT2D eigenvalue weighted by Crippen LogP contribution is 2.34. The van der Waals surface area contributed by atoms with Crippen molar-refractivity contribution in [1.82, 2.24) is 10.6 Å². The number of ether oxygens (including phenoxy) is 1. The lowest BCUT2D eigenvalue weighted by atomic mass is 9.82. The summed E-state index contributed by atoms with van der Waals surface area (Å²) in [4.78, 5) is 46.5. The molecule has 3 aromatic rings. The molecular weight excluding hydrogens is 635 g/mol. The first kappa shape index (κ1) is 35.5. The molecule has 0 aliphatic heterocycles. The molecule has 3 aromatic carbocycles. The Kier molecular flexibility index (Phi) is 11.7. The number of benzene rings is 3. The Morgan fingerprint density at radius 2 is 1.57 bits per heavy atom. The summed E-state index contributed by atoms with van der Waals surface area (Å²) in [6.07, 6.45) is 2.62. The average Bonchev–Trinajstić information content (AvgIpc) is 3.05. The fourth-order valence-corrected chi connectivity index (χ4v) is 5.31. The predicted molar refractivity (Wildman–Crippen MR) is 190 cm³/mol. The Balaban J connectivity index is 1.60. The van der Waals surface area contributed by atoms with Gasteiger partial charge in [0.25, 0.3) is 11.8 Å². The third-order valence-corrected chi connectivity index (χ3v) is 8.85. The second kappa shape index (κ2) is 15.5. The van der Waals surface area contributed by atoms with E-state index in [0.29, 0.717) is 16.5 Å². The van der Waals surface area contributed by atoms with Gasteiger partial charge in [0.05, 0.1) is 38.4 Å². The summed E-state index contributed by atoms with van der Waals surface area (Å²) in [5, 5.41) is 6.07. The molecule has 0 spiro atoms. The van der Waals surface area contributed by atoms with Crippen LogP contribution in [0.2, 0.25) is 10.0 Å². The highest BCUT2D eigenvalue weighted by atomic mass is 35.5. The number of amides is 2. The molecule has 4 rings (SSSR count). The van der Waals surface area contributed by atoms with Gasteiger partial charge in [0.15, 0.2) is 6.10 Å². The Bertz CT molecular complexity index is 1740. The van der Waals surface area contributed by atoms with Gasteiger partial charge in [0.2, 0.25) is 5.78 Å². The van der Waals surface area contributed by atoms with Crippen molar-refractivity contribution >= 4 is 57.9 Å². The van der Waals surface area contributed by atoms with Crippen molar-refractivity contribution in [2.75, 3.05) is 18.0 Å². The van der Waals surface area contributed by atoms with E-state index in [1.165, 1.54) is 12.2 Å². The first-order valence-corrected chi connectivity index (χ1v) is 16.4. The Morgan fingerprint density at radius 1 is 0.894 bits per heavy atom. The van der Waals surface area contributed by atoms with Gasteiger partial charge in [-0.25, -0.2) is 4.99 Å². The van der Waals surface area contributed by atoms with E-state index >= 15 is 0 Å². The maximum Gasteiger partial charge on any atom is 0.265 e. The van der Waals surface area contributed by atoms with Gasteiger partial charge in [-0.05, 0) is 92.8 Å². The number of allylic oxidation sites excluding steroid dienone is 2. The Morgan fingerprint density at radius 3 is 2.19 bits per heavy atom. The number of rotatable bonds is 12. The number of carbonyl (C=O) groups is 3. The molecular formula is C37H40Cl2N4O4. The zero-order valence-electron chi connectivity index (χ0n) is 27.5. The highest BCUT2D eigenvalue weighted by molar-refractivity contribution is 6.34. The summed E-state index contributed by atoms with van der Waals surface area (Å²) in [5.74, 6) is -1.22. The lowest BCUT2D eigenvalue weighted by molar-refractivity contribution is -0.126. The summed E-state index contributed by atoms with van der Waals surface area (Å²) in [7, 11) is 0. The Hall–Kier alpha value is -4.40. The van der Waals surface area contributed by atoms with Crippen molar-refractivity contribution in [3.63, 3.8) is 0 Å². The molecule has 0 heterocycles. The number of anilines is 1. The van der Waals surface area contributed by atoms with E-state index in [0.717, 1.165) is 30.8 Å². The number of halogens is 2. The fourth-order valence-electron chi connectivity index (χ4n) is 4.86. The minimum atomic E-state index is -0.964. The summed E-state index contributed by atoms with van der Waals surface area (Å²) in [6, 6.07) is 19.7. The summed E-state index contributed by atoms with van der Waals surface area (Å²) >= 11 is 12.7. The lowest BCUT2D eigenvalue weighted by Crippen LogP contribution is -2.40. The van der Waals surface area contributed by atoms with Gasteiger partial charge in [-0.15, -0.1) is 0 Å². The second-order valence-corrected chi connectivity index (χ2v) is 12.5. The highest BCUT2D eigenvalue weighted by Gasteiger charge is 2.26. The van der Waals surface area contributed by atoms with Gasteiger partial charge in [-0.1, -0.05) is 62.2 Å². The standard InChI is InChI=1S/C37H40Cl2N4O4/c1-7-37(5,6)24-14-19-34(29(39)20-24)47-23(4)35(45)41-31-22-33(44)32(42-36(46)27-12-10-11-13-28(27)38)21-30(31)40-25-15-17-26(18-16-25)43(8-2)9-3/h10-23H,7-9H2,1-6H3,(H,41,45)(H,42,46). The fraction of sp³-hybridized carbons (Fsp3) is 0.297. The van der Waals surface area contributed by atoms with Gasteiger partial charge in [0.1, 0.15) is 5.75 Å². The quantitative estimate of drug-likeness (QED) is 0.190. The molecule has 8 nitrogen and oxygen atoms in total.